The van der Waals surface area contributed by atoms with Gasteiger partial charge in [-0.05, 0) is 13.1 Å². The highest BCUT2D eigenvalue weighted by atomic mass is 35.5. The van der Waals surface area contributed by atoms with Gasteiger partial charge in [0, 0.05) is 51.7 Å². The van der Waals surface area contributed by atoms with Gasteiger partial charge in [-0.25, -0.2) is 0 Å². The van der Waals surface area contributed by atoms with Crippen molar-refractivity contribution < 1.29 is 0 Å². The summed E-state index contributed by atoms with van der Waals surface area (Å²) in [6.07, 6.45) is 0. The highest BCUT2D eigenvalue weighted by Gasteiger charge is 2.16. The molecule has 0 N–H and O–H groups in total. The van der Waals surface area contributed by atoms with Crippen molar-refractivity contribution in [1.29, 1.82) is 0 Å². The summed E-state index contributed by atoms with van der Waals surface area (Å²) in [5.74, 6) is 0.763. The molecule has 0 amide bonds. The van der Waals surface area contributed by atoms with E-state index < -0.39 is 0 Å². The lowest BCUT2D eigenvalue weighted by atomic mass is 10.3. The van der Waals surface area contributed by atoms with Gasteiger partial charge in [-0.15, -0.1) is 11.6 Å². The summed E-state index contributed by atoms with van der Waals surface area (Å²) in [5.41, 5.74) is 0. The first-order valence-corrected chi connectivity index (χ1v) is 7.06. The predicted molar refractivity (Wildman–Crippen MR) is 71.4 cm³/mol. The normalized spacial score (nSPS) is 19.5. The van der Waals surface area contributed by atoms with Crippen molar-refractivity contribution in [2.24, 2.45) is 0 Å². The maximum Gasteiger partial charge on any atom is 0.0351 e. The molecule has 0 saturated carbocycles. The SMILES string of the molecule is CCN(CC)CCN1CCN(CCCl)CC1. The molecule has 0 unspecified atom stereocenters. The van der Waals surface area contributed by atoms with Gasteiger partial charge in [-0.2, -0.15) is 0 Å². The summed E-state index contributed by atoms with van der Waals surface area (Å²) in [5, 5.41) is 0. The third kappa shape index (κ3) is 5.00. The molecule has 0 spiro atoms. The van der Waals surface area contributed by atoms with Crippen LogP contribution in [-0.2, 0) is 0 Å². The smallest absolute Gasteiger partial charge is 0.0351 e. The van der Waals surface area contributed by atoms with Crippen LogP contribution in [0.15, 0.2) is 0 Å². The Morgan fingerprint density at radius 1 is 0.938 bits per heavy atom. The molecule has 0 atom stereocenters. The number of nitrogens with zero attached hydrogens (tertiary/aromatic N) is 3. The largest absolute Gasteiger partial charge is 0.303 e. The van der Waals surface area contributed by atoms with E-state index in [1.807, 2.05) is 0 Å². The minimum Gasteiger partial charge on any atom is -0.303 e. The molecule has 1 heterocycles. The van der Waals surface area contributed by atoms with Crippen LogP contribution in [0.2, 0.25) is 0 Å². The second-order valence-electron chi connectivity index (χ2n) is 4.40. The summed E-state index contributed by atoms with van der Waals surface area (Å²) < 4.78 is 0. The van der Waals surface area contributed by atoms with Gasteiger partial charge in [0.15, 0.2) is 0 Å². The number of halogens is 1. The second kappa shape index (κ2) is 8.29. The number of hydrogen-bond donors (Lipinski definition) is 0. The molecule has 4 heteroatoms. The molecule has 96 valence electrons. The summed E-state index contributed by atoms with van der Waals surface area (Å²) in [6, 6.07) is 0. The number of rotatable bonds is 7. The lowest BCUT2D eigenvalue weighted by molar-refractivity contribution is 0.125. The maximum atomic E-state index is 5.75. The van der Waals surface area contributed by atoms with Crippen molar-refractivity contribution in [2.45, 2.75) is 13.8 Å². The average Bonchev–Trinajstić information content (AvgIpc) is 2.33. The number of alkyl halides is 1. The fourth-order valence-corrected chi connectivity index (χ4v) is 2.42. The van der Waals surface area contributed by atoms with E-state index in [0.717, 1.165) is 12.4 Å². The fraction of sp³-hybridized carbons (Fsp3) is 1.00. The van der Waals surface area contributed by atoms with Gasteiger partial charge >= 0.3 is 0 Å². The summed E-state index contributed by atoms with van der Waals surface area (Å²) in [4.78, 5) is 7.52. The molecule has 0 bridgehead atoms. The summed E-state index contributed by atoms with van der Waals surface area (Å²) >= 11 is 5.75. The van der Waals surface area contributed by atoms with Crippen LogP contribution in [-0.4, -0.2) is 79.5 Å². The quantitative estimate of drug-likeness (QED) is 0.626. The average molecular weight is 248 g/mol. The van der Waals surface area contributed by atoms with E-state index in [0.29, 0.717) is 0 Å². The molecule has 3 nitrogen and oxygen atoms in total. The Kier molecular flexibility index (Phi) is 7.37. The molecule has 0 aromatic heterocycles. The van der Waals surface area contributed by atoms with Crippen LogP contribution >= 0.6 is 11.6 Å². The molecular formula is C12H26ClN3. The van der Waals surface area contributed by atoms with E-state index in [9.17, 15) is 0 Å². The topological polar surface area (TPSA) is 9.72 Å². The van der Waals surface area contributed by atoms with Gasteiger partial charge in [-0.3, -0.25) is 9.80 Å². The van der Waals surface area contributed by atoms with Gasteiger partial charge in [0.2, 0.25) is 0 Å². The van der Waals surface area contributed by atoms with Crippen LogP contribution in [0.1, 0.15) is 13.8 Å². The molecule has 0 aromatic carbocycles. The van der Waals surface area contributed by atoms with E-state index in [2.05, 4.69) is 28.5 Å². The Bertz CT molecular complexity index is 166. The van der Waals surface area contributed by atoms with Crippen LogP contribution in [0, 0.1) is 0 Å². The van der Waals surface area contributed by atoms with Crippen molar-refractivity contribution in [1.82, 2.24) is 14.7 Å². The lowest BCUT2D eigenvalue weighted by Crippen LogP contribution is -2.48. The van der Waals surface area contributed by atoms with Crippen LogP contribution in [0.5, 0.6) is 0 Å². The molecule has 1 saturated heterocycles. The molecule has 1 aliphatic heterocycles. The first kappa shape index (κ1) is 14.2. The Morgan fingerprint density at radius 2 is 1.44 bits per heavy atom. The van der Waals surface area contributed by atoms with Gasteiger partial charge in [0.1, 0.15) is 0 Å². The van der Waals surface area contributed by atoms with Crippen molar-refractivity contribution in [2.75, 3.05) is 64.8 Å². The van der Waals surface area contributed by atoms with Gasteiger partial charge in [0.05, 0.1) is 0 Å². The number of hydrogen-bond acceptors (Lipinski definition) is 3. The molecule has 16 heavy (non-hydrogen) atoms. The zero-order chi connectivity index (χ0) is 11.8. The van der Waals surface area contributed by atoms with Crippen LogP contribution in [0.4, 0.5) is 0 Å². The van der Waals surface area contributed by atoms with Crippen molar-refractivity contribution in [3.63, 3.8) is 0 Å². The Labute approximate surface area is 105 Å². The summed E-state index contributed by atoms with van der Waals surface area (Å²) in [7, 11) is 0. The van der Waals surface area contributed by atoms with E-state index >= 15 is 0 Å². The van der Waals surface area contributed by atoms with Crippen LogP contribution in [0.25, 0.3) is 0 Å². The Hall–Kier alpha value is 0.170. The first-order valence-electron chi connectivity index (χ1n) is 6.53. The third-order valence-electron chi connectivity index (χ3n) is 3.49. The Morgan fingerprint density at radius 3 is 1.88 bits per heavy atom. The number of likely N-dealkylation sites (N-methyl/N-ethyl adjacent to an activating group) is 1. The standard InChI is InChI=1S/C12H26ClN3/c1-3-14(4-2)7-8-16-11-9-15(6-5-13)10-12-16/h3-12H2,1-2H3. The van der Waals surface area contributed by atoms with Gasteiger partial charge < -0.3 is 4.90 Å². The third-order valence-corrected chi connectivity index (χ3v) is 3.66. The van der Waals surface area contributed by atoms with E-state index in [1.54, 1.807) is 0 Å². The van der Waals surface area contributed by atoms with E-state index in [1.165, 1.54) is 52.4 Å². The fourth-order valence-electron chi connectivity index (χ4n) is 2.18. The zero-order valence-corrected chi connectivity index (χ0v) is 11.5. The van der Waals surface area contributed by atoms with E-state index in [4.69, 9.17) is 11.6 Å². The molecule has 1 fully saturated rings. The zero-order valence-electron chi connectivity index (χ0n) is 10.8. The second-order valence-corrected chi connectivity index (χ2v) is 4.78. The predicted octanol–water partition coefficient (Wildman–Crippen LogP) is 1.18. The van der Waals surface area contributed by atoms with Crippen molar-refractivity contribution in [3.05, 3.63) is 0 Å². The highest BCUT2D eigenvalue weighted by molar-refractivity contribution is 6.18. The summed E-state index contributed by atoms with van der Waals surface area (Å²) in [6.45, 7) is 15.1. The maximum absolute atomic E-state index is 5.75. The van der Waals surface area contributed by atoms with Crippen molar-refractivity contribution >= 4 is 11.6 Å². The Balaban J connectivity index is 2.12. The minimum atomic E-state index is 0.763. The molecular weight excluding hydrogens is 222 g/mol. The highest BCUT2D eigenvalue weighted by Crippen LogP contribution is 2.02. The molecule has 0 aliphatic carbocycles. The van der Waals surface area contributed by atoms with Gasteiger partial charge in [0.25, 0.3) is 0 Å². The lowest BCUT2D eigenvalue weighted by Gasteiger charge is -2.35. The van der Waals surface area contributed by atoms with Crippen molar-refractivity contribution in [3.8, 4) is 0 Å². The molecule has 0 radical (unpaired) electrons. The molecule has 0 aromatic rings. The number of piperazine rings is 1. The minimum absolute atomic E-state index is 0.763. The molecule has 1 aliphatic rings. The first-order chi connectivity index (χ1) is 7.80. The van der Waals surface area contributed by atoms with E-state index in [-0.39, 0.29) is 0 Å². The van der Waals surface area contributed by atoms with Gasteiger partial charge in [-0.1, -0.05) is 13.8 Å². The van der Waals surface area contributed by atoms with Crippen LogP contribution in [0.3, 0.4) is 0 Å². The van der Waals surface area contributed by atoms with Crippen LogP contribution < -0.4 is 0 Å². The monoisotopic (exact) mass is 247 g/mol. The molecule has 1 rings (SSSR count).